The molecular weight excluding hydrogens is 412 g/mol. The molecule has 2 amide bonds. The molecule has 5 nitrogen and oxygen atoms in total. The second-order valence-electron chi connectivity index (χ2n) is 8.25. The van der Waals surface area contributed by atoms with Crippen molar-refractivity contribution in [2.45, 2.75) is 64.6 Å². The van der Waals surface area contributed by atoms with Crippen molar-refractivity contribution < 1.29 is 14.3 Å². The molecule has 6 heteroatoms. The number of nitrogens with zero attached hydrogens (tertiary/aromatic N) is 1. The third-order valence-corrected chi connectivity index (χ3v) is 6.05. The molecule has 1 atom stereocenters. The Morgan fingerprint density at radius 1 is 1.13 bits per heavy atom. The fourth-order valence-corrected chi connectivity index (χ4v) is 4.13. The van der Waals surface area contributed by atoms with Gasteiger partial charge in [0.05, 0.1) is 5.02 Å². The molecule has 2 aromatic carbocycles. The van der Waals surface area contributed by atoms with Crippen LogP contribution >= 0.6 is 11.6 Å². The Balaban J connectivity index is 1.71. The third-order valence-electron chi connectivity index (χ3n) is 5.74. The van der Waals surface area contributed by atoms with Gasteiger partial charge in [-0.2, -0.15) is 0 Å². The first-order valence-corrected chi connectivity index (χ1v) is 11.3. The normalized spacial score (nSPS) is 15.2. The molecule has 166 valence electrons. The predicted octanol–water partition coefficient (Wildman–Crippen LogP) is 4.89. The zero-order valence-electron chi connectivity index (χ0n) is 18.3. The number of hydrogen-bond donors (Lipinski definition) is 1. The molecule has 0 bridgehead atoms. The van der Waals surface area contributed by atoms with Gasteiger partial charge in [0, 0.05) is 12.6 Å². The quantitative estimate of drug-likeness (QED) is 0.633. The summed E-state index contributed by atoms with van der Waals surface area (Å²) in [6, 6.07) is 14.6. The summed E-state index contributed by atoms with van der Waals surface area (Å²) >= 11 is 6.14. The van der Waals surface area contributed by atoms with Crippen molar-refractivity contribution in [1.29, 1.82) is 0 Å². The molecular formula is C25H31ClN2O3. The number of rotatable bonds is 8. The molecule has 0 aromatic heterocycles. The standard InChI is InChI=1S/C25H31ClN2O3/c1-18-9-8-10-20(15-18)16-28(19(2)25(30)27-21-11-4-3-5-12-21)24(29)17-31-23-14-7-6-13-22(23)26/h6-10,13-15,19,21H,3-5,11-12,16-17H2,1-2H3,(H,27,30)/t19-/m0/s1. The van der Waals surface area contributed by atoms with Gasteiger partial charge < -0.3 is 15.0 Å². The van der Waals surface area contributed by atoms with Crippen LogP contribution in [0, 0.1) is 6.92 Å². The fraction of sp³-hybridized carbons (Fsp3) is 0.440. The van der Waals surface area contributed by atoms with Crippen LogP contribution < -0.4 is 10.1 Å². The molecule has 0 aliphatic heterocycles. The highest BCUT2D eigenvalue weighted by Crippen LogP contribution is 2.23. The third kappa shape index (κ3) is 6.73. The van der Waals surface area contributed by atoms with Crippen LogP contribution in [0.25, 0.3) is 0 Å². The first kappa shape index (κ1) is 23.1. The lowest BCUT2D eigenvalue weighted by molar-refractivity contribution is -0.142. The van der Waals surface area contributed by atoms with Crippen molar-refractivity contribution in [3.63, 3.8) is 0 Å². The van der Waals surface area contributed by atoms with Crippen LogP contribution in [0.4, 0.5) is 0 Å². The summed E-state index contributed by atoms with van der Waals surface area (Å²) in [5, 5.41) is 3.59. The summed E-state index contributed by atoms with van der Waals surface area (Å²) in [6.45, 7) is 3.94. The Kier molecular flexibility index (Phi) is 8.35. The van der Waals surface area contributed by atoms with Crippen molar-refractivity contribution >= 4 is 23.4 Å². The summed E-state index contributed by atoms with van der Waals surface area (Å²) in [6.07, 6.45) is 5.49. The van der Waals surface area contributed by atoms with Gasteiger partial charge in [-0.15, -0.1) is 0 Å². The van der Waals surface area contributed by atoms with Gasteiger partial charge in [-0.1, -0.05) is 72.8 Å². The highest BCUT2D eigenvalue weighted by atomic mass is 35.5. The number of ether oxygens (including phenoxy) is 1. The summed E-state index contributed by atoms with van der Waals surface area (Å²) < 4.78 is 5.67. The van der Waals surface area contributed by atoms with Crippen molar-refractivity contribution in [3.05, 3.63) is 64.7 Å². The van der Waals surface area contributed by atoms with Gasteiger partial charge in [-0.05, 0) is 44.4 Å². The topological polar surface area (TPSA) is 58.6 Å². The molecule has 1 saturated carbocycles. The molecule has 31 heavy (non-hydrogen) atoms. The lowest BCUT2D eigenvalue weighted by atomic mass is 9.95. The number of carbonyl (C=O) groups excluding carboxylic acids is 2. The first-order chi connectivity index (χ1) is 14.9. The van der Waals surface area contributed by atoms with E-state index in [1.54, 1.807) is 36.1 Å². The Labute approximate surface area is 189 Å². The van der Waals surface area contributed by atoms with E-state index in [2.05, 4.69) is 5.32 Å². The number of halogens is 1. The number of nitrogens with one attached hydrogen (secondary N) is 1. The molecule has 1 aliphatic carbocycles. The molecule has 1 N–H and O–H groups in total. The van der Waals surface area contributed by atoms with Crippen LogP contribution in [0.1, 0.15) is 50.2 Å². The molecule has 1 aliphatic rings. The summed E-state index contributed by atoms with van der Waals surface area (Å²) in [4.78, 5) is 27.7. The number of carbonyl (C=O) groups is 2. The zero-order chi connectivity index (χ0) is 22.2. The second-order valence-corrected chi connectivity index (χ2v) is 8.66. The van der Waals surface area contributed by atoms with Gasteiger partial charge in [-0.3, -0.25) is 9.59 Å². The van der Waals surface area contributed by atoms with Crippen molar-refractivity contribution in [2.24, 2.45) is 0 Å². The van der Waals surface area contributed by atoms with E-state index in [1.807, 2.05) is 31.2 Å². The molecule has 0 unspecified atom stereocenters. The van der Waals surface area contributed by atoms with Gasteiger partial charge in [-0.25, -0.2) is 0 Å². The molecule has 1 fully saturated rings. The van der Waals surface area contributed by atoms with E-state index < -0.39 is 6.04 Å². The average Bonchev–Trinajstić information content (AvgIpc) is 2.77. The maximum Gasteiger partial charge on any atom is 0.261 e. The van der Waals surface area contributed by atoms with Crippen molar-refractivity contribution in [3.8, 4) is 5.75 Å². The Morgan fingerprint density at radius 3 is 2.58 bits per heavy atom. The number of hydrogen-bond acceptors (Lipinski definition) is 3. The molecule has 0 saturated heterocycles. The monoisotopic (exact) mass is 442 g/mol. The zero-order valence-corrected chi connectivity index (χ0v) is 19.0. The van der Waals surface area contributed by atoms with E-state index in [0.29, 0.717) is 17.3 Å². The lowest BCUT2D eigenvalue weighted by Gasteiger charge is -2.31. The molecule has 2 aromatic rings. The minimum Gasteiger partial charge on any atom is -0.482 e. The maximum atomic E-state index is 13.1. The van der Waals surface area contributed by atoms with Crippen LogP contribution in [0.5, 0.6) is 5.75 Å². The number of para-hydroxylation sites is 1. The highest BCUT2D eigenvalue weighted by molar-refractivity contribution is 6.32. The van der Waals surface area contributed by atoms with Gasteiger partial charge in [0.15, 0.2) is 6.61 Å². The van der Waals surface area contributed by atoms with E-state index in [9.17, 15) is 9.59 Å². The second kappa shape index (κ2) is 11.2. The predicted molar refractivity (Wildman–Crippen MR) is 123 cm³/mol. The Morgan fingerprint density at radius 2 is 1.87 bits per heavy atom. The Hall–Kier alpha value is -2.53. The van der Waals surface area contributed by atoms with E-state index in [-0.39, 0.29) is 24.5 Å². The lowest BCUT2D eigenvalue weighted by Crippen LogP contribution is -2.51. The maximum absolute atomic E-state index is 13.1. The van der Waals surface area contributed by atoms with Gasteiger partial charge in [0.1, 0.15) is 11.8 Å². The van der Waals surface area contributed by atoms with Crippen LogP contribution in [0.2, 0.25) is 5.02 Å². The van der Waals surface area contributed by atoms with E-state index in [1.165, 1.54) is 6.42 Å². The average molecular weight is 443 g/mol. The van der Waals surface area contributed by atoms with Gasteiger partial charge in [0.2, 0.25) is 5.91 Å². The number of benzene rings is 2. The minimum absolute atomic E-state index is 0.120. The number of aryl methyl sites for hydroxylation is 1. The smallest absolute Gasteiger partial charge is 0.261 e. The van der Waals surface area contributed by atoms with Gasteiger partial charge in [0.25, 0.3) is 5.91 Å². The van der Waals surface area contributed by atoms with Gasteiger partial charge >= 0.3 is 0 Å². The molecule has 0 heterocycles. The molecule has 0 spiro atoms. The molecule has 3 rings (SSSR count). The highest BCUT2D eigenvalue weighted by Gasteiger charge is 2.28. The van der Waals surface area contributed by atoms with E-state index in [0.717, 1.165) is 36.8 Å². The summed E-state index contributed by atoms with van der Waals surface area (Å²) in [7, 11) is 0. The van der Waals surface area contributed by atoms with E-state index >= 15 is 0 Å². The van der Waals surface area contributed by atoms with Crippen molar-refractivity contribution in [1.82, 2.24) is 10.2 Å². The molecule has 0 radical (unpaired) electrons. The Bertz CT molecular complexity index is 896. The summed E-state index contributed by atoms with van der Waals surface area (Å²) in [5.41, 5.74) is 2.08. The minimum atomic E-state index is -0.607. The largest absolute Gasteiger partial charge is 0.482 e. The van der Waals surface area contributed by atoms with Crippen LogP contribution in [-0.2, 0) is 16.1 Å². The van der Waals surface area contributed by atoms with E-state index in [4.69, 9.17) is 16.3 Å². The fourth-order valence-electron chi connectivity index (χ4n) is 3.94. The summed E-state index contributed by atoms with van der Waals surface area (Å²) in [5.74, 6) is 0.0747. The van der Waals surface area contributed by atoms with Crippen LogP contribution in [-0.4, -0.2) is 35.4 Å². The first-order valence-electron chi connectivity index (χ1n) is 11.0. The van der Waals surface area contributed by atoms with Crippen molar-refractivity contribution in [2.75, 3.05) is 6.61 Å². The SMILES string of the molecule is Cc1cccc(CN(C(=O)COc2ccccc2Cl)[C@@H](C)C(=O)NC2CCCCC2)c1. The van der Waals surface area contributed by atoms with Crippen LogP contribution in [0.15, 0.2) is 48.5 Å². The number of amides is 2. The van der Waals surface area contributed by atoms with Crippen LogP contribution in [0.3, 0.4) is 0 Å².